The van der Waals surface area contributed by atoms with Crippen LogP contribution in [0, 0.1) is 5.92 Å². The third-order valence-corrected chi connectivity index (χ3v) is 5.23. The molecule has 0 spiro atoms. The molecule has 0 saturated heterocycles. The van der Waals surface area contributed by atoms with Gasteiger partial charge in [-0.3, -0.25) is 9.59 Å². The van der Waals surface area contributed by atoms with E-state index in [1.54, 1.807) is 44.7 Å². The molecule has 0 aliphatic rings. The fraction of sp³-hybridized carbons (Fsp3) is 0.667. The van der Waals surface area contributed by atoms with Crippen LogP contribution < -0.4 is 10.6 Å². The number of phenolic OH excluding ortho intramolecular Hbond substituents is 1. The summed E-state index contributed by atoms with van der Waals surface area (Å²) in [6.45, 7) is 18.6. The fourth-order valence-corrected chi connectivity index (χ4v) is 3.62. The number of phenols is 1. The van der Waals surface area contributed by atoms with E-state index in [0.29, 0.717) is 17.9 Å². The molecule has 0 fully saturated rings. The highest BCUT2D eigenvalue weighted by Crippen LogP contribution is 2.29. The van der Waals surface area contributed by atoms with E-state index in [2.05, 4.69) is 24.5 Å². The Hall–Kier alpha value is -2.77. The number of hydrogen-bond acceptors (Lipinski definition) is 5. The van der Waals surface area contributed by atoms with Gasteiger partial charge in [0, 0.05) is 11.6 Å². The van der Waals surface area contributed by atoms with Crippen molar-refractivity contribution in [3.05, 3.63) is 29.8 Å². The van der Waals surface area contributed by atoms with Crippen LogP contribution in [0.3, 0.4) is 0 Å². The standard InChI is InChI=1S/C27H45N3O5/c1-17(2)11-12-18(3)30(24(33)19(4)28-25(34)35-27(8,9)10)22(23(32)29-26(5,6)7)20-13-15-21(31)16-14-20/h13-19,22,31H,11-12H2,1-10H3,(H,28,34)(H,29,32). The summed E-state index contributed by atoms with van der Waals surface area (Å²) in [6, 6.07) is 4.11. The van der Waals surface area contributed by atoms with Gasteiger partial charge in [0.25, 0.3) is 0 Å². The minimum atomic E-state index is -0.952. The summed E-state index contributed by atoms with van der Waals surface area (Å²) in [5.74, 6) is -0.247. The number of aromatic hydroxyl groups is 1. The van der Waals surface area contributed by atoms with E-state index in [1.807, 2.05) is 27.7 Å². The summed E-state index contributed by atoms with van der Waals surface area (Å²) in [4.78, 5) is 41.3. The van der Waals surface area contributed by atoms with Crippen molar-refractivity contribution in [2.24, 2.45) is 5.92 Å². The Kier molecular flexibility index (Phi) is 10.6. The first kappa shape index (κ1) is 30.3. The fourth-order valence-electron chi connectivity index (χ4n) is 3.62. The number of benzene rings is 1. The molecule has 1 aromatic carbocycles. The van der Waals surface area contributed by atoms with Crippen LogP contribution >= 0.6 is 0 Å². The Morgan fingerprint density at radius 2 is 1.49 bits per heavy atom. The Balaban J connectivity index is 3.45. The van der Waals surface area contributed by atoms with E-state index in [1.165, 1.54) is 12.1 Å². The Morgan fingerprint density at radius 1 is 0.943 bits per heavy atom. The van der Waals surface area contributed by atoms with E-state index >= 15 is 0 Å². The number of ether oxygens (including phenoxy) is 1. The van der Waals surface area contributed by atoms with Crippen LogP contribution in [0.15, 0.2) is 24.3 Å². The molecule has 0 aliphatic carbocycles. The maximum Gasteiger partial charge on any atom is 0.408 e. The Morgan fingerprint density at radius 3 is 1.94 bits per heavy atom. The van der Waals surface area contributed by atoms with Gasteiger partial charge in [-0.05, 0) is 91.8 Å². The van der Waals surface area contributed by atoms with Crippen LogP contribution in [-0.4, -0.2) is 51.1 Å². The van der Waals surface area contributed by atoms with Gasteiger partial charge in [-0.15, -0.1) is 0 Å². The van der Waals surface area contributed by atoms with Gasteiger partial charge in [0.15, 0.2) is 0 Å². The second-order valence-corrected chi connectivity index (χ2v) is 11.7. The molecular weight excluding hydrogens is 446 g/mol. The maximum absolute atomic E-state index is 13.8. The molecule has 3 N–H and O–H groups in total. The first-order valence-corrected chi connectivity index (χ1v) is 12.3. The van der Waals surface area contributed by atoms with Crippen molar-refractivity contribution in [3.8, 4) is 5.75 Å². The molecule has 3 amide bonds. The summed E-state index contributed by atoms with van der Waals surface area (Å²) in [6.07, 6.45) is 0.843. The highest BCUT2D eigenvalue weighted by molar-refractivity contribution is 5.92. The first-order valence-electron chi connectivity index (χ1n) is 12.3. The van der Waals surface area contributed by atoms with Crippen molar-refractivity contribution in [2.45, 2.75) is 111 Å². The van der Waals surface area contributed by atoms with Crippen molar-refractivity contribution in [2.75, 3.05) is 0 Å². The molecule has 0 bridgehead atoms. The highest BCUT2D eigenvalue weighted by Gasteiger charge is 2.38. The SMILES string of the molecule is CC(C)CCC(C)N(C(=O)C(C)NC(=O)OC(C)(C)C)C(C(=O)NC(C)(C)C)c1ccc(O)cc1. The summed E-state index contributed by atoms with van der Waals surface area (Å²) < 4.78 is 5.32. The Labute approximate surface area is 210 Å². The maximum atomic E-state index is 13.8. The lowest BCUT2D eigenvalue weighted by Gasteiger charge is -2.39. The second-order valence-electron chi connectivity index (χ2n) is 11.7. The molecule has 1 rings (SSSR count). The van der Waals surface area contributed by atoms with E-state index in [9.17, 15) is 19.5 Å². The minimum Gasteiger partial charge on any atom is -0.508 e. The molecule has 8 heteroatoms. The van der Waals surface area contributed by atoms with E-state index in [-0.39, 0.29) is 17.7 Å². The van der Waals surface area contributed by atoms with Gasteiger partial charge >= 0.3 is 6.09 Å². The van der Waals surface area contributed by atoms with Crippen molar-refractivity contribution < 1.29 is 24.2 Å². The van der Waals surface area contributed by atoms with Crippen molar-refractivity contribution in [3.63, 3.8) is 0 Å². The topological polar surface area (TPSA) is 108 Å². The van der Waals surface area contributed by atoms with Gasteiger partial charge in [-0.1, -0.05) is 26.0 Å². The molecule has 3 unspecified atom stereocenters. The largest absolute Gasteiger partial charge is 0.508 e. The van der Waals surface area contributed by atoms with Crippen molar-refractivity contribution in [1.82, 2.24) is 15.5 Å². The predicted octanol–water partition coefficient (Wildman–Crippen LogP) is 4.91. The lowest BCUT2D eigenvalue weighted by molar-refractivity contribution is -0.145. The van der Waals surface area contributed by atoms with Crippen LogP contribution in [0.25, 0.3) is 0 Å². The summed E-state index contributed by atoms with van der Waals surface area (Å²) >= 11 is 0. The van der Waals surface area contributed by atoms with Crippen LogP contribution in [0.1, 0.15) is 93.7 Å². The average molecular weight is 492 g/mol. The molecule has 0 saturated carbocycles. The van der Waals surface area contributed by atoms with E-state index in [4.69, 9.17) is 4.74 Å². The molecule has 0 heterocycles. The lowest BCUT2D eigenvalue weighted by Crippen LogP contribution is -2.56. The third kappa shape index (κ3) is 10.6. The van der Waals surface area contributed by atoms with Crippen LogP contribution in [0.2, 0.25) is 0 Å². The Bertz CT molecular complexity index is 853. The molecule has 198 valence electrons. The molecule has 35 heavy (non-hydrogen) atoms. The first-order chi connectivity index (χ1) is 15.9. The molecule has 8 nitrogen and oxygen atoms in total. The third-order valence-electron chi connectivity index (χ3n) is 5.23. The monoisotopic (exact) mass is 491 g/mol. The van der Waals surface area contributed by atoms with Crippen molar-refractivity contribution >= 4 is 17.9 Å². The van der Waals surface area contributed by atoms with Gasteiger partial charge in [-0.25, -0.2) is 4.79 Å². The summed E-state index contributed by atoms with van der Waals surface area (Å²) in [7, 11) is 0. The number of amides is 3. The van der Waals surface area contributed by atoms with Gasteiger partial charge in [0.1, 0.15) is 23.4 Å². The van der Waals surface area contributed by atoms with E-state index < -0.39 is 35.2 Å². The van der Waals surface area contributed by atoms with Crippen molar-refractivity contribution in [1.29, 1.82) is 0 Å². The summed E-state index contributed by atoms with van der Waals surface area (Å²) in [5, 5.41) is 15.4. The number of carbonyl (C=O) groups is 3. The molecule has 1 aromatic rings. The second kappa shape index (κ2) is 12.3. The average Bonchev–Trinajstić information content (AvgIpc) is 2.67. The van der Waals surface area contributed by atoms with E-state index in [0.717, 1.165) is 6.42 Å². The number of nitrogens with one attached hydrogen (secondary N) is 2. The summed E-state index contributed by atoms with van der Waals surface area (Å²) in [5.41, 5.74) is -0.667. The van der Waals surface area contributed by atoms with Gasteiger partial charge < -0.3 is 25.4 Å². The number of alkyl carbamates (subject to hydrolysis) is 1. The molecule has 0 radical (unpaired) electrons. The normalized spacial score (nSPS) is 14.6. The van der Waals surface area contributed by atoms with Gasteiger partial charge in [-0.2, -0.15) is 0 Å². The smallest absolute Gasteiger partial charge is 0.408 e. The zero-order chi connectivity index (χ0) is 27.1. The number of carbonyl (C=O) groups excluding carboxylic acids is 3. The van der Waals surface area contributed by atoms with Crippen LogP contribution in [0.4, 0.5) is 4.79 Å². The van der Waals surface area contributed by atoms with Gasteiger partial charge in [0.2, 0.25) is 11.8 Å². The minimum absolute atomic E-state index is 0.0643. The highest BCUT2D eigenvalue weighted by atomic mass is 16.6. The lowest BCUT2D eigenvalue weighted by atomic mass is 9.96. The van der Waals surface area contributed by atoms with Crippen LogP contribution in [0.5, 0.6) is 5.75 Å². The molecular formula is C27H45N3O5. The molecule has 3 atom stereocenters. The van der Waals surface area contributed by atoms with Crippen LogP contribution in [-0.2, 0) is 14.3 Å². The zero-order valence-electron chi connectivity index (χ0n) is 23.1. The predicted molar refractivity (Wildman–Crippen MR) is 138 cm³/mol. The molecule has 0 aliphatic heterocycles. The number of rotatable bonds is 9. The number of hydrogen-bond donors (Lipinski definition) is 3. The zero-order valence-corrected chi connectivity index (χ0v) is 23.1. The quantitative estimate of drug-likeness (QED) is 0.455. The molecule has 0 aromatic heterocycles. The number of nitrogens with zero attached hydrogens (tertiary/aromatic N) is 1. The van der Waals surface area contributed by atoms with Gasteiger partial charge in [0.05, 0.1) is 0 Å².